The Morgan fingerprint density at radius 2 is 1.96 bits per heavy atom. The van der Waals surface area contributed by atoms with Crippen LogP contribution < -0.4 is 16.0 Å². The molecule has 3 rings (SSSR count). The van der Waals surface area contributed by atoms with Gasteiger partial charge in [-0.3, -0.25) is 9.59 Å². The highest BCUT2D eigenvalue weighted by Gasteiger charge is 2.26. The number of amides is 2. The van der Waals surface area contributed by atoms with Gasteiger partial charge in [-0.2, -0.15) is 0 Å². The zero-order valence-corrected chi connectivity index (χ0v) is 16.6. The van der Waals surface area contributed by atoms with E-state index < -0.39 is 6.04 Å². The molecule has 26 heavy (non-hydrogen) atoms. The van der Waals surface area contributed by atoms with Crippen molar-refractivity contribution in [3.8, 4) is 0 Å². The number of rotatable bonds is 5. The lowest BCUT2D eigenvalue weighted by molar-refractivity contribution is -0.128. The van der Waals surface area contributed by atoms with Crippen LogP contribution in [0.2, 0.25) is 0 Å². The summed E-state index contributed by atoms with van der Waals surface area (Å²) in [5.74, 6) is -0.221. The molecule has 2 amide bonds. The van der Waals surface area contributed by atoms with Crippen molar-refractivity contribution in [1.29, 1.82) is 0 Å². The lowest BCUT2D eigenvalue weighted by Crippen LogP contribution is -2.46. The van der Waals surface area contributed by atoms with Gasteiger partial charge in [-0.1, -0.05) is 15.9 Å². The van der Waals surface area contributed by atoms with Crippen LogP contribution >= 0.6 is 15.9 Å². The minimum Gasteiger partial charge on any atom is -0.381 e. The normalized spacial score (nSPS) is 26.1. The molecule has 0 spiro atoms. The molecule has 2 fully saturated rings. The Labute approximate surface area is 162 Å². The van der Waals surface area contributed by atoms with Crippen LogP contribution in [0.4, 0.5) is 11.4 Å². The summed E-state index contributed by atoms with van der Waals surface area (Å²) in [7, 11) is 1.77. The van der Waals surface area contributed by atoms with Crippen LogP contribution in [0.5, 0.6) is 0 Å². The minimum atomic E-state index is -0.458. The maximum absolute atomic E-state index is 12.6. The number of anilines is 2. The number of carbonyl (C=O) groups excluding carboxylic acids is 2. The second-order valence-corrected chi connectivity index (χ2v) is 7.96. The van der Waals surface area contributed by atoms with Gasteiger partial charge in [0.05, 0.1) is 17.5 Å². The lowest BCUT2D eigenvalue weighted by atomic mass is 9.92. The number of methoxy groups -OCH3 is 1. The van der Waals surface area contributed by atoms with E-state index in [-0.39, 0.29) is 11.8 Å². The molecule has 0 bridgehead atoms. The largest absolute Gasteiger partial charge is 0.381 e. The fourth-order valence-corrected chi connectivity index (χ4v) is 3.99. The molecule has 1 atom stereocenters. The van der Waals surface area contributed by atoms with Crippen molar-refractivity contribution < 1.29 is 14.3 Å². The highest BCUT2D eigenvalue weighted by Crippen LogP contribution is 2.30. The quantitative estimate of drug-likeness (QED) is 0.677. The third-order valence-corrected chi connectivity index (χ3v) is 5.65. The van der Waals surface area contributed by atoms with Gasteiger partial charge in [-0.15, -0.1) is 0 Å². The molecule has 0 unspecified atom stereocenters. The summed E-state index contributed by atoms with van der Waals surface area (Å²) in [6.07, 6.45) is 6.44. The third-order valence-electron chi connectivity index (χ3n) is 5.15. The average molecular weight is 424 g/mol. The van der Waals surface area contributed by atoms with Crippen molar-refractivity contribution in [2.24, 2.45) is 0 Å². The van der Waals surface area contributed by atoms with Crippen molar-refractivity contribution in [3.05, 3.63) is 22.7 Å². The van der Waals surface area contributed by atoms with E-state index in [1.807, 2.05) is 18.2 Å². The number of hydrogen-bond donors (Lipinski definition) is 3. The summed E-state index contributed by atoms with van der Waals surface area (Å²) in [5, 5.41) is 9.31. The van der Waals surface area contributed by atoms with Crippen LogP contribution in [0, 0.1) is 0 Å². The Balaban J connectivity index is 1.66. The van der Waals surface area contributed by atoms with Gasteiger partial charge >= 0.3 is 0 Å². The molecular weight excluding hydrogens is 398 g/mol. The smallest absolute Gasteiger partial charge is 0.247 e. The van der Waals surface area contributed by atoms with Crippen molar-refractivity contribution >= 4 is 39.1 Å². The Morgan fingerprint density at radius 1 is 1.19 bits per heavy atom. The monoisotopic (exact) mass is 423 g/mol. The van der Waals surface area contributed by atoms with E-state index in [9.17, 15) is 9.59 Å². The average Bonchev–Trinajstić information content (AvgIpc) is 2.64. The fraction of sp³-hybridized carbons (Fsp3) is 0.579. The molecule has 142 valence electrons. The van der Waals surface area contributed by atoms with E-state index >= 15 is 0 Å². The van der Waals surface area contributed by atoms with Crippen LogP contribution in [-0.4, -0.2) is 37.1 Å². The molecule has 0 radical (unpaired) electrons. The van der Waals surface area contributed by atoms with Crippen molar-refractivity contribution in [2.75, 3.05) is 17.7 Å². The summed E-state index contributed by atoms with van der Waals surface area (Å²) < 4.78 is 6.33. The highest BCUT2D eigenvalue weighted by atomic mass is 79.9. The first-order valence-corrected chi connectivity index (χ1v) is 10.0. The van der Waals surface area contributed by atoms with Gasteiger partial charge in [0.2, 0.25) is 11.8 Å². The second kappa shape index (κ2) is 8.86. The van der Waals surface area contributed by atoms with Crippen molar-refractivity contribution in [1.82, 2.24) is 5.32 Å². The lowest BCUT2D eigenvalue weighted by Gasteiger charge is -2.30. The van der Waals surface area contributed by atoms with E-state index in [0.717, 1.165) is 48.0 Å². The fourth-order valence-electron chi connectivity index (χ4n) is 3.63. The number of ether oxygens (including phenoxy) is 1. The van der Waals surface area contributed by atoms with E-state index in [0.29, 0.717) is 25.0 Å². The topological polar surface area (TPSA) is 79.5 Å². The summed E-state index contributed by atoms with van der Waals surface area (Å²) in [6, 6.07) is 5.74. The maximum atomic E-state index is 12.6. The molecule has 1 aromatic carbocycles. The number of piperidine rings is 1. The molecule has 2 aliphatic rings. The molecule has 1 saturated heterocycles. The van der Waals surface area contributed by atoms with Crippen molar-refractivity contribution in [2.45, 2.75) is 63.1 Å². The summed E-state index contributed by atoms with van der Waals surface area (Å²) in [5.41, 5.74) is 1.64. The highest BCUT2D eigenvalue weighted by molar-refractivity contribution is 9.10. The number of hydrogen-bond acceptors (Lipinski definition) is 4. The van der Waals surface area contributed by atoms with Gasteiger partial charge < -0.3 is 20.7 Å². The van der Waals surface area contributed by atoms with Crippen LogP contribution in [0.15, 0.2) is 22.7 Å². The SMILES string of the molecule is COC1CCC(Nc2ccc(Br)cc2NC(=O)[C@H]2CCCC(=O)N2)CC1. The van der Waals surface area contributed by atoms with Gasteiger partial charge in [-0.25, -0.2) is 0 Å². The Morgan fingerprint density at radius 3 is 2.65 bits per heavy atom. The summed E-state index contributed by atoms with van der Waals surface area (Å²) in [6.45, 7) is 0. The predicted octanol–water partition coefficient (Wildman–Crippen LogP) is 3.43. The first-order chi connectivity index (χ1) is 12.5. The van der Waals surface area contributed by atoms with E-state index in [1.54, 1.807) is 7.11 Å². The summed E-state index contributed by atoms with van der Waals surface area (Å²) in [4.78, 5) is 24.1. The Hall–Kier alpha value is -1.60. The molecule has 7 heteroatoms. The van der Waals surface area contributed by atoms with Gasteiger partial charge in [0, 0.05) is 24.0 Å². The van der Waals surface area contributed by atoms with Gasteiger partial charge in [0.25, 0.3) is 0 Å². The number of halogens is 1. The van der Waals surface area contributed by atoms with E-state index in [1.165, 1.54) is 0 Å². The van der Waals surface area contributed by atoms with Crippen molar-refractivity contribution in [3.63, 3.8) is 0 Å². The number of benzene rings is 1. The maximum Gasteiger partial charge on any atom is 0.247 e. The van der Waals surface area contributed by atoms with Crippen LogP contribution in [0.25, 0.3) is 0 Å². The number of nitrogens with one attached hydrogen (secondary N) is 3. The molecule has 1 saturated carbocycles. The third kappa shape index (κ3) is 4.98. The second-order valence-electron chi connectivity index (χ2n) is 7.05. The summed E-state index contributed by atoms with van der Waals surface area (Å²) >= 11 is 3.47. The predicted molar refractivity (Wildman–Crippen MR) is 105 cm³/mol. The molecular formula is C19H26BrN3O3. The minimum absolute atomic E-state index is 0.0566. The molecule has 0 aromatic heterocycles. The van der Waals surface area contributed by atoms with Gasteiger partial charge in [0.1, 0.15) is 6.04 Å². The standard InChI is InChI=1S/C19H26BrN3O3/c1-26-14-8-6-13(7-9-14)21-15-10-5-12(20)11-17(15)23-19(25)16-3-2-4-18(24)22-16/h5,10-11,13-14,16,21H,2-4,6-9H2,1H3,(H,22,24)(H,23,25)/t13?,14?,16-/m1/s1. The molecule has 1 aromatic rings. The van der Waals surface area contributed by atoms with Crippen LogP contribution in [-0.2, 0) is 14.3 Å². The van der Waals surface area contributed by atoms with Crippen LogP contribution in [0.1, 0.15) is 44.9 Å². The van der Waals surface area contributed by atoms with Crippen LogP contribution in [0.3, 0.4) is 0 Å². The zero-order chi connectivity index (χ0) is 18.5. The molecule has 1 heterocycles. The zero-order valence-electron chi connectivity index (χ0n) is 15.0. The first kappa shape index (κ1) is 19.2. The van der Waals surface area contributed by atoms with Gasteiger partial charge in [0.15, 0.2) is 0 Å². The molecule has 3 N–H and O–H groups in total. The van der Waals surface area contributed by atoms with E-state index in [4.69, 9.17) is 4.74 Å². The molecule has 6 nitrogen and oxygen atoms in total. The van der Waals surface area contributed by atoms with Gasteiger partial charge in [-0.05, 0) is 56.7 Å². The number of carbonyl (C=O) groups is 2. The molecule has 1 aliphatic heterocycles. The first-order valence-electron chi connectivity index (χ1n) is 9.24. The Kier molecular flexibility index (Phi) is 6.53. The Bertz CT molecular complexity index is 659. The van der Waals surface area contributed by atoms with E-state index in [2.05, 4.69) is 31.9 Å². The molecule has 1 aliphatic carbocycles.